The molecule has 1 aliphatic heterocycles. The number of aromatic nitrogens is 1. The van der Waals surface area contributed by atoms with Gasteiger partial charge in [0, 0.05) is 19.0 Å². The summed E-state index contributed by atoms with van der Waals surface area (Å²) >= 11 is 0. The van der Waals surface area contributed by atoms with E-state index in [0.29, 0.717) is 25.5 Å². The number of hydrogen-bond acceptors (Lipinski definition) is 6. The summed E-state index contributed by atoms with van der Waals surface area (Å²) in [5, 5.41) is 8.84. The van der Waals surface area contributed by atoms with Crippen LogP contribution in [0.3, 0.4) is 0 Å². The van der Waals surface area contributed by atoms with Gasteiger partial charge in [0.05, 0.1) is 19.2 Å². The van der Waals surface area contributed by atoms with Crippen molar-refractivity contribution in [2.75, 3.05) is 30.9 Å². The molecule has 0 spiro atoms. The minimum absolute atomic E-state index is 0.184. The summed E-state index contributed by atoms with van der Waals surface area (Å²) in [6.07, 6.45) is 2.14. The first-order valence-electron chi connectivity index (χ1n) is 5.43. The standard InChI is InChI=1S/C11H13N3O3S/c1-18(15,16)10-3-2-4-13-11(10)14-5-6-17-9(7-12)8-14/h2-4,9H,5-6,8H2,1H3. The van der Waals surface area contributed by atoms with Gasteiger partial charge in [0.2, 0.25) is 0 Å². The van der Waals surface area contributed by atoms with Crippen molar-refractivity contribution in [2.24, 2.45) is 0 Å². The van der Waals surface area contributed by atoms with Crippen molar-refractivity contribution < 1.29 is 13.2 Å². The SMILES string of the molecule is CS(=O)(=O)c1cccnc1N1CCOC(C#N)C1. The van der Waals surface area contributed by atoms with Gasteiger partial charge in [0.1, 0.15) is 10.7 Å². The molecular formula is C11H13N3O3S. The van der Waals surface area contributed by atoms with Crippen molar-refractivity contribution in [3.8, 4) is 6.07 Å². The molecular weight excluding hydrogens is 254 g/mol. The van der Waals surface area contributed by atoms with Gasteiger partial charge in [-0.25, -0.2) is 13.4 Å². The van der Waals surface area contributed by atoms with E-state index in [4.69, 9.17) is 10.00 Å². The number of anilines is 1. The normalized spacial score (nSPS) is 20.4. The summed E-state index contributed by atoms with van der Waals surface area (Å²) in [4.78, 5) is 6.07. The van der Waals surface area contributed by atoms with Crippen LogP contribution in [0, 0.1) is 11.3 Å². The topological polar surface area (TPSA) is 83.3 Å². The predicted molar refractivity (Wildman–Crippen MR) is 64.9 cm³/mol. The fraction of sp³-hybridized carbons (Fsp3) is 0.455. The molecule has 0 radical (unpaired) electrons. The lowest BCUT2D eigenvalue weighted by molar-refractivity contribution is 0.0759. The average molecular weight is 267 g/mol. The molecule has 1 aliphatic rings. The molecule has 0 N–H and O–H groups in total. The van der Waals surface area contributed by atoms with Gasteiger partial charge in [-0.3, -0.25) is 0 Å². The van der Waals surface area contributed by atoms with E-state index < -0.39 is 15.9 Å². The predicted octanol–water partition coefficient (Wildman–Crippen LogP) is 0.214. The van der Waals surface area contributed by atoms with Crippen LogP contribution in [0.2, 0.25) is 0 Å². The number of hydrogen-bond donors (Lipinski definition) is 0. The molecule has 1 unspecified atom stereocenters. The van der Waals surface area contributed by atoms with Crippen molar-refractivity contribution in [1.82, 2.24) is 4.98 Å². The average Bonchev–Trinajstić information content (AvgIpc) is 2.38. The maximum absolute atomic E-state index is 11.7. The number of morpholine rings is 1. The molecule has 2 rings (SSSR count). The minimum Gasteiger partial charge on any atom is -0.360 e. The van der Waals surface area contributed by atoms with Gasteiger partial charge >= 0.3 is 0 Å². The number of sulfone groups is 1. The second kappa shape index (κ2) is 4.92. The minimum atomic E-state index is -3.33. The quantitative estimate of drug-likeness (QED) is 0.762. The second-order valence-corrected chi connectivity index (χ2v) is 6.02. The summed E-state index contributed by atoms with van der Waals surface area (Å²) in [6, 6.07) is 5.13. The van der Waals surface area contributed by atoms with E-state index in [-0.39, 0.29) is 4.90 Å². The molecule has 0 amide bonds. The van der Waals surface area contributed by atoms with E-state index in [1.54, 1.807) is 17.2 Å². The van der Waals surface area contributed by atoms with E-state index in [2.05, 4.69) is 4.98 Å². The van der Waals surface area contributed by atoms with Gasteiger partial charge in [0.25, 0.3) is 0 Å². The molecule has 0 saturated carbocycles. The van der Waals surface area contributed by atoms with Gasteiger partial charge in [0.15, 0.2) is 15.9 Å². The Morgan fingerprint density at radius 1 is 1.61 bits per heavy atom. The Kier molecular flexibility index (Phi) is 3.50. The molecule has 1 atom stereocenters. The molecule has 0 bridgehead atoms. The summed E-state index contributed by atoms with van der Waals surface area (Å²) < 4.78 is 28.6. The van der Waals surface area contributed by atoms with E-state index in [1.807, 2.05) is 6.07 Å². The first-order chi connectivity index (χ1) is 8.52. The molecule has 0 aliphatic carbocycles. The van der Waals surface area contributed by atoms with Crippen LogP contribution < -0.4 is 4.90 Å². The highest BCUT2D eigenvalue weighted by atomic mass is 32.2. The molecule has 7 heteroatoms. The Balaban J connectivity index is 2.37. The van der Waals surface area contributed by atoms with E-state index in [0.717, 1.165) is 6.26 Å². The molecule has 1 fully saturated rings. The smallest absolute Gasteiger partial charge is 0.179 e. The zero-order valence-corrected chi connectivity index (χ0v) is 10.7. The van der Waals surface area contributed by atoms with Crippen molar-refractivity contribution in [3.63, 3.8) is 0 Å². The Hall–Kier alpha value is -1.65. The second-order valence-electron chi connectivity index (χ2n) is 4.03. The first kappa shape index (κ1) is 12.8. The number of nitriles is 1. The zero-order chi connectivity index (χ0) is 13.2. The maximum atomic E-state index is 11.7. The van der Waals surface area contributed by atoms with E-state index >= 15 is 0 Å². The van der Waals surface area contributed by atoms with Crippen molar-refractivity contribution in [3.05, 3.63) is 18.3 Å². The Labute approximate surface area is 106 Å². The van der Waals surface area contributed by atoms with Crippen LogP contribution in [0.4, 0.5) is 5.82 Å². The molecule has 2 heterocycles. The summed E-state index contributed by atoms with van der Waals surface area (Å²) in [7, 11) is -3.33. The first-order valence-corrected chi connectivity index (χ1v) is 7.33. The van der Waals surface area contributed by atoms with Crippen LogP contribution in [0.15, 0.2) is 23.2 Å². The Morgan fingerprint density at radius 3 is 3.06 bits per heavy atom. The van der Waals surface area contributed by atoms with Crippen LogP contribution in [-0.4, -0.2) is 45.5 Å². The van der Waals surface area contributed by atoms with Crippen LogP contribution in [0.5, 0.6) is 0 Å². The number of rotatable bonds is 2. The van der Waals surface area contributed by atoms with Gasteiger partial charge in [-0.1, -0.05) is 0 Å². The lowest BCUT2D eigenvalue weighted by Crippen LogP contribution is -2.42. The van der Waals surface area contributed by atoms with E-state index in [9.17, 15) is 8.42 Å². The fourth-order valence-corrected chi connectivity index (χ4v) is 2.67. The Bertz CT molecular complexity index is 579. The largest absolute Gasteiger partial charge is 0.360 e. The van der Waals surface area contributed by atoms with Crippen LogP contribution in [0.1, 0.15) is 0 Å². The molecule has 1 saturated heterocycles. The summed E-state index contributed by atoms with van der Waals surface area (Å²) in [6.45, 7) is 1.24. The van der Waals surface area contributed by atoms with Crippen molar-refractivity contribution in [1.29, 1.82) is 5.26 Å². The summed E-state index contributed by atoms with van der Waals surface area (Å²) in [5.74, 6) is 0.392. The zero-order valence-electron chi connectivity index (χ0n) is 9.91. The highest BCUT2D eigenvalue weighted by molar-refractivity contribution is 7.90. The lowest BCUT2D eigenvalue weighted by Gasteiger charge is -2.31. The highest BCUT2D eigenvalue weighted by Gasteiger charge is 2.25. The number of nitrogens with zero attached hydrogens (tertiary/aromatic N) is 3. The van der Waals surface area contributed by atoms with Crippen LogP contribution >= 0.6 is 0 Å². The lowest BCUT2D eigenvalue weighted by atomic mass is 10.3. The van der Waals surface area contributed by atoms with Crippen LogP contribution in [0.25, 0.3) is 0 Å². The number of pyridine rings is 1. The third-order valence-corrected chi connectivity index (χ3v) is 3.78. The molecule has 18 heavy (non-hydrogen) atoms. The highest BCUT2D eigenvalue weighted by Crippen LogP contribution is 2.23. The van der Waals surface area contributed by atoms with Gasteiger partial charge in [-0.2, -0.15) is 5.26 Å². The van der Waals surface area contributed by atoms with Crippen molar-refractivity contribution >= 4 is 15.7 Å². The third-order valence-electron chi connectivity index (χ3n) is 2.66. The van der Waals surface area contributed by atoms with Gasteiger partial charge in [-0.15, -0.1) is 0 Å². The molecule has 1 aromatic rings. The third kappa shape index (κ3) is 2.60. The number of ether oxygens (including phenoxy) is 1. The monoisotopic (exact) mass is 267 g/mol. The van der Waals surface area contributed by atoms with Gasteiger partial charge in [-0.05, 0) is 12.1 Å². The molecule has 96 valence electrons. The van der Waals surface area contributed by atoms with Crippen LogP contribution in [-0.2, 0) is 14.6 Å². The summed E-state index contributed by atoms with van der Waals surface area (Å²) in [5.41, 5.74) is 0. The van der Waals surface area contributed by atoms with E-state index in [1.165, 1.54) is 6.07 Å². The Morgan fingerprint density at radius 2 is 2.39 bits per heavy atom. The molecule has 6 nitrogen and oxygen atoms in total. The van der Waals surface area contributed by atoms with Gasteiger partial charge < -0.3 is 9.64 Å². The van der Waals surface area contributed by atoms with Crippen molar-refractivity contribution in [2.45, 2.75) is 11.0 Å². The molecule has 0 aromatic carbocycles. The fourth-order valence-electron chi connectivity index (χ4n) is 1.83. The molecule has 1 aromatic heterocycles. The maximum Gasteiger partial charge on any atom is 0.179 e.